The fourth-order valence-corrected chi connectivity index (χ4v) is 3.04. The van der Waals surface area contributed by atoms with Crippen LogP contribution in [0.5, 0.6) is 11.5 Å². The zero-order chi connectivity index (χ0) is 22.1. The van der Waals surface area contributed by atoms with Crippen LogP contribution in [0.1, 0.15) is 11.1 Å². The van der Waals surface area contributed by atoms with E-state index >= 15 is 0 Å². The molecule has 7 nitrogen and oxygen atoms in total. The molecule has 0 radical (unpaired) electrons. The van der Waals surface area contributed by atoms with E-state index in [1.54, 1.807) is 19.2 Å². The standard InChI is InChI=1S/C23H24ClN3O4/c1-30-23-14-18(4-11-22(23)31-16-17-2-5-19(24)6-3-17)15-25-12-13-26-20-7-9-21(10-8-20)27(28)29/h2-11,14,25-26H,12-13,15-16H2,1H3. The second kappa shape index (κ2) is 11.2. The van der Waals surface area contributed by atoms with Gasteiger partial charge < -0.3 is 20.1 Å². The van der Waals surface area contributed by atoms with Crippen molar-refractivity contribution in [2.75, 3.05) is 25.5 Å². The first-order valence-electron chi connectivity index (χ1n) is 9.78. The van der Waals surface area contributed by atoms with Crippen LogP contribution in [-0.2, 0) is 13.2 Å². The summed E-state index contributed by atoms with van der Waals surface area (Å²) in [5, 5.41) is 18.0. The van der Waals surface area contributed by atoms with Gasteiger partial charge in [-0.3, -0.25) is 10.1 Å². The van der Waals surface area contributed by atoms with E-state index in [4.69, 9.17) is 21.1 Å². The molecule has 0 saturated heterocycles. The van der Waals surface area contributed by atoms with E-state index in [9.17, 15) is 10.1 Å². The van der Waals surface area contributed by atoms with Gasteiger partial charge in [-0.15, -0.1) is 0 Å². The quantitative estimate of drug-likeness (QED) is 0.246. The van der Waals surface area contributed by atoms with Gasteiger partial charge in [-0.25, -0.2) is 0 Å². The van der Waals surface area contributed by atoms with Crippen LogP contribution >= 0.6 is 11.6 Å². The molecule has 2 N–H and O–H groups in total. The van der Waals surface area contributed by atoms with Crippen molar-refractivity contribution in [3.63, 3.8) is 0 Å². The molecule has 0 unspecified atom stereocenters. The molecular weight excluding hydrogens is 418 g/mol. The SMILES string of the molecule is COc1cc(CNCCNc2ccc([N+](=O)[O-])cc2)ccc1OCc1ccc(Cl)cc1. The number of benzene rings is 3. The van der Waals surface area contributed by atoms with Gasteiger partial charge in [0.25, 0.3) is 5.69 Å². The minimum Gasteiger partial charge on any atom is -0.493 e. The Bertz CT molecular complexity index is 995. The summed E-state index contributed by atoms with van der Waals surface area (Å²) in [5.41, 5.74) is 3.03. The van der Waals surface area contributed by atoms with Gasteiger partial charge in [-0.05, 0) is 47.5 Å². The normalized spacial score (nSPS) is 10.5. The van der Waals surface area contributed by atoms with Crippen molar-refractivity contribution < 1.29 is 14.4 Å². The van der Waals surface area contributed by atoms with E-state index in [-0.39, 0.29) is 5.69 Å². The average Bonchev–Trinajstić information content (AvgIpc) is 2.79. The summed E-state index contributed by atoms with van der Waals surface area (Å²) in [7, 11) is 1.62. The molecule has 3 aromatic rings. The lowest BCUT2D eigenvalue weighted by molar-refractivity contribution is -0.384. The van der Waals surface area contributed by atoms with Gasteiger partial charge in [0.1, 0.15) is 6.61 Å². The molecule has 3 rings (SSSR count). The maximum Gasteiger partial charge on any atom is 0.269 e. The number of nitrogens with zero attached hydrogens (tertiary/aromatic N) is 1. The molecule has 0 fully saturated rings. The first kappa shape index (κ1) is 22.4. The van der Waals surface area contributed by atoms with Gasteiger partial charge in [0.2, 0.25) is 0 Å². The van der Waals surface area contributed by atoms with Crippen LogP contribution in [0.4, 0.5) is 11.4 Å². The third kappa shape index (κ3) is 6.87. The fourth-order valence-electron chi connectivity index (χ4n) is 2.91. The predicted octanol–water partition coefficient (Wildman–Crippen LogP) is 5.04. The van der Waals surface area contributed by atoms with Crippen LogP contribution in [0.25, 0.3) is 0 Å². The summed E-state index contributed by atoms with van der Waals surface area (Å²) < 4.78 is 11.4. The number of ether oxygens (including phenoxy) is 2. The molecule has 8 heteroatoms. The van der Waals surface area contributed by atoms with Crippen molar-refractivity contribution in [1.29, 1.82) is 0 Å². The van der Waals surface area contributed by atoms with Gasteiger partial charge in [-0.2, -0.15) is 0 Å². The average molecular weight is 442 g/mol. The number of nitrogens with one attached hydrogen (secondary N) is 2. The number of rotatable bonds is 11. The minimum absolute atomic E-state index is 0.0817. The van der Waals surface area contributed by atoms with Gasteiger partial charge >= 0.3 is 0 Å². The Morgan fingerprint density at radius 2 is 1.65 bits per heavy atom. The maximum atomic E-state index is 10.7. The third-order valence-corrected chi connectivity index (χ3v) is 4.83. The van der Waals surface area contributed by atoms with Crippen LogP contribution in [-0.4, -0.2) is 25.1 Å². The Morgan fingerprint density at radius 1 is 0.935 bits per heavy atom. The molecule has 162 valence electrons. The van der Waals surface area contributed by atoms with Crippen LogP contribution < -0.4 is 20.1 Å². The molecule has 0 aliphatic carbocycles. The van der Waals surface area contributed by atoms with Gasteiger partial charge in [0, 0.05) is 42.5 Å². The van der Waals surface area contributed by atoms with Crippen molar-refractivity contribution in [2.24, 2.45) is 0 Å². The number of nitro groups is 1. The van der Waals surface area contributed by atoms with Crippen molar-refractivity contribution in [3.8, 4) is 11.5 Å². The van der Waals surface area contributed by atoms with Gasteiger partial charge in [0.15, 0.2) is 11.5 Å². The largest absolute Gasteiger partial charge is 0.493 e. The smallest absolute Gasteiger partial charge is 0.269 e. The van der Waals surface area contributed by atoms with Crippen LogP contribution in [0, 0.1) is 10.1 Å². The molecule has 0 heterocycles. The summed E-state index contributed by atoms with van der Waals surface area (Å²) >= 11 is 5.91. The molecule has 31 heavy (non-hydrogen) atoms. The second-order valence-corrected chi connectivity index (χ2v) is 7.24. The molecule has 0 aromatic heterocycles. The Labute approximate surface area is 186 Å². The zero-order valence-corrected chi connectivity index (χ0v) is 17.9. The number of non-ortho nitro benzene ring substituents is 1. The second-order valence-electron chi connectivity index (χ2n) is 6.81. The number of hydrogen-bond acceptors (Lipinski definition) is 6. The molecule has 0 aliphatic heterocycles. The highest BCUT2D eigenvalue weighted by Crippen LogP contribution is 2.29. The molecule has 0 atom stereocenters. The summed E-state index contributed by atoms with van der Waals surface area (Å²) in [4.78, 5) is 10.3. The topological polar surface area (TPSA) is 85.7 Å². The van der Waals surface area contributed by atoms with Gasteiger partial charge in [-0.1, -0.05) is 29.8 Å². The summed E-state index contributed by atoms with van der Waals surface area (Å²) in [6.07, 6.45) is 0. The first-order valence-corrected chi connectivity index (χ1v) is 10.2. The van der Waals surface area contributed by atoms with Crippen LogP contribution in [0.2, 0.25) is 5.02 Å². The summed E-state index contributed by atoms with van der Waals surface area (Å²) in [6, 6.07) is 19.8. The third-order valence-electron chi connectivity index (χ3n) is 4.57. The zero-order valence-electron chi connectivity index (χ0n) is 17.1. The first-order chi connectivity index (χ1) is 15.0. The number of nitro benzene ring substituents is 1. The Hall–Kier alpha value is -3.29. The minimum atomic E-state index is -0.409. The number of halogens is 1. The summed E-state index contributed by atoms with van der Waals surface area (Å²) in [5.74, 6) is 1.36. The van der Waals surface area contributed by atoms with E-state index in [0.717, 1.165) is 23.4 Å². The lowest BCUT2D eigenvalue weighted by Gasteiger charge is -2.13. The van der Waals surface area contributed by atoms with Gasteiger partial charge in [0.05, 0.1) is 12.0 Å². The van der Waals surface area contributed by atoms with Crippen LogP contribution in [0.3, 0.4) is 0 Å². The van der Waals surface area contributed by atoms with Crippen molar-refractivity contribution in [2.45, 2.75) is 13.2 Å². The number of hydrogen-bond donors (Lipinski definition) is 2. The highest BCUT2D eigenvalue weighted by molar-refractivity contribution is 6.30. The molecule has 0 saturated carbocycles. The Balaban J connectivity index is 1.43. The van der Waals surface area contributed by atoms with Crippen molar-refractivity contribution in [1.82, 2.24) is 5.32 Å². The highest BCUT2D eigenvalue weighted by atomic mass is 35.5. The fraction of sp³-hybridized carbons (Fsp3) is 0.217. The predicted molar refractivity (Wildman–Crippen MR) is 122 cm³/mol. The van der Waals surface area contributed by atoms with E-state index in [2.05, 4.69) is 10.6 Å². The van der Waals surface area contributed by atoms with E-state index in [1.807, 2.05) is 42.5 Å². The molecule has 0 spiro atoms. The maximum absolute atomic E-state index is 10.7. The molecule has 0 bridgehead atoms. The van der Waals surface area contributed by atoms with E-state index in [0.29, 0.717) is 36.2 Å². The lowest BCUT2D eigenvalue weighted by atomic mass is 10.2. The van der Waals surface area contributed by atoms with Crippen molar-refractivity contribution >= 4 is 23.0 Å². The van der Waals surface area contributed by atoms with Crippen LogP contribution in [0.15, 0.2) is 66.7 Å². The number of methoxy groups -OCH3 is 1. The Kier molecular flexibility index (Phi) is 8.09. The molecule has 3 aromatic carbocycles. The molecular formula is C23H24ClN3O4. The van der Waals surface area contributed by atoms with E-state index in [1.165, 1.54) is 12.1 Å². The highest BCUT2D eigenvalue weighted by Gasteiger charge is 2.07. The van der Waals surface area contributed by atoms with E-state index < -0.39 is 4.92 Å². The number of anilines is 1. The molecule has 0 amide bonds. The lowest BCUT2D eigenvalue weighted by Crippen LogP contribution is -2.21. The summed E-state index contributed by atoms with van der Waals surface area (Å²) in [6.45, 7) is 2.53. The Morgan fingerprint density at radius 3 is 2.32 bits per heavy atom. The molecule has 0 aliphatic rings. The monoisotopic (exact) mass is 441 g/mol. The van der Waals surface area contributed by atoms with Crippen molar-refractivity contribution in [3.05, 3.63) is 93.0 Å².